The Hall–Kier alpha value is -3.36. The van der Waals surface area contributed by atoms with Gasteiger partial charge in [-0.2, -0.15) is 0 Å². The van der Waals surface area contributed by atoms with Crippen molar-refractivity contribution in [3.63, 3.8) is 0 Å². The standard InChI is InChI=1S/C26H26N2O5S/c1-18-2-4-19(5-3-18)17-34(30,31)23-13-21(12-22(15-23)28-8-10-32-11-9-28)20-6-7-24-25(14-20)33-16-26(29)27-24/h2-7,12-15H,8-11,16-17H2,1H3,(H,27,29). The number of carbonyl (C=O) groups is 1. The summed E-state index contributed by atoms with van der Waals surface area (Å²) in [6.07, 6.45) is 0. The van der Waals surface area contributed by atoms with E-state index in [9.17, 15) is 13.2 Å². The second-order valence-electron chi connectivity index (χ2n) is 8.61. The smallest absolute Gasteiger partial charge is 0.262 e. The molecule has 1 saturated heterocycles. The molecule has 1 amide bonds. The SMILES string of the molecule is Cc1ccc(CS(=O)(=O)c2cc(-c3ccc4c(c3)OCC(=O)N4)cc(N3CCOCC3)c2)cc1. The summed E-state index contributed by atoms with van der Waals surface area (Å²) < 4.78 is 38.0. The molecule has 0 radical (unpaired) electrons. The first-order valence-electron chi connectivity index (χ1n) is 11.2. The molecule has 0 atom stereocenters. The van der Waals surface area contributed by atoms with Gasteiger partial charge in [0.25, 0.3) is 5.91 Å². The van der Waals surface area contributed by atoms with Crippen molar-refractivity contribution in [3.8, 4) is 16.9 Å². The van der Waals surface area contributed by atoms with Gasteiger partial charge in [-0.3, -0.25) is 4.79 Å². The summed E-state index contributed by atoms with van der Waals surface area (Å²) >= 11 is 0. The number of fused-ring (bicyclic) bond motifs is 1. The normalized spacial score (nSPS) is 15.9. The number of carbonyl (C=O) groups excluding carboxylic acids is 1. The molecule has 2 heterocycles. The van der Waals surface area contributed by atoms with Crippen LogP contribution in [0.15, 0.2) is 65.6 Å². The van der Waals surface area contributed by atoms with Crippen LogP contribution >= 0.6 is 0 Å². The van der Waals surface area contributed by atoms with Crippen LogP contribution in [0.4, 0.5) is 11.4 Å². The summed E-state index contributed by atoms with van der Waals surface area (Å²) in [6.45, 7) is 4.52. The minimum atomic E-state index is -3.59. The van der Waals surface area contributed by atoms with Crippen LogP contribution in [0, 0.1) is 6.92 Å². The minimum absolute atomic E-state index is 0.0412. The van der Waals surface area contributed by atoms with Crippen LogP contribution in [-0.4, -0.2) is 47.2 Å². The number of benzene rings is 3. The molecule has 2 aliphatic heterocycles. The summed E-state index contributed by atoms with van der Waals surface area (Å²) in [7, 11) is -3.59. The van der Waals surface area contributed by atoms with Crippen molar-refractivity contribution in [2.45, 2.75) is 17.6 Å². The number of ether oxygens (including phenoxy) is 2. The van der Waals surface area contributed by atoms with E-state index in [2.05, 4.69) is 10.2 Å². The molecule has 0 saturated carbocycles. The largest absolute Gasteiger partial charge is 0.482 e. The molecule has 176 valence electrons. The van der Waals surface area contributed by atoms with Gasteiger partial charge in [0.15, 0.2) is 16.4 Å². The number of amides is 1. The van der Waals surface area contributed by atoms with Crippen molar-refractivity contribution in [3.05, 3.63) is 71.8 Å². The molecule has 1 fully saturated rings. The highest BCUT2D eigenvalue weighted by Gasteiger charge is 2.22. The summed E-state index contributed by atoms with van der Waals surface area (Å²) in [5.41, 5.74) is 4.88. The van der Waals surface area contributed by atoms with Gasteiger partial charge in [0.1, 0.15) is 5.75 Å². The van der Waals surface area contributed by atoms with Gasteiger partial charge in [0, 0.05) is 18.8 Å². The Morgan fingerprint density at radius 2 is 1.71 bits per heavy atom. The number of nitrogens with one attached hydrogen (secondary N) is 1. The Morgan fingerprint density at radius 1 is 0.941 bits per heavy atom. The van der Waals surface area contributed by atoms with Gasteiger partial charge >= 0.3 is 0 Å². The van der Waals surface area contributed by atoms with Gasteiger partial charge in [0.2, 0.25) is 0 Å². The number of aryl methyl sites for hydroxylation is 1. The molecule has 5 rings (SSSR count). The number of nitrogens with zero attached hydrogens (tertiary/aromatic N) is 1. The average Bonchev–Trinajstić information content (AvgIpc) is 2.85. The average molecular weight is 479 g/mol. The van der Waals surface area contributed by atoms with E-state index in [0.717, 1.165) is 27.9 Å². The lowest BCUT2D eigenvalue weighted by Gasteiger charge is -2.29. The summed E-state index contributed by atoms with van der Waals surface area (Å²) in [5, 5.41) is 2.79. The van der Waals surface area contributed by atoms with Gasteiger partial charge < -0.3 is 19.7 Å². The van der Waals surface area contributed by atoms with Gasteiger partial charge in [-0.05, 0) is 53.9 Å². The zero-order valence-electron chi connectivity index (χ0n) is 18.9. The van der Waals surface area contributed by atoms with Gasteiger partial charge in [-0.1, -0.05) is 35.9 Å². The maximum Gasteiger partial charge on any atom is 0.262 e. The molecule has 3 aromatic rings. The highest BCUT2D eigenvalue weighted by atomic mass is 32.2. The van der Waals surface area contributed by atoms with Gasteiger partial charge in [0.05, 0.1) is 29.5 Å². The van der Waals surface area contributed by atoms with Crippen molar-refractivity contribution in [1.29, 1.82) is 0 Å². The van der Waals surface area contributed by atoms with E-state index in [-0.39, 0.29) is 23.2 Å². The minimum Gasteiger partial charge on any atom is -0.482 e. The number of anilines is 2. The van der Waals surface area contributed by atoms with Crippen molar-refractivity contribution < 1.29 is 22.7 Å². The van der Waals surface area contributed by atoms with Crippen LogP contribution in [0.1, 0.15) is 11.1 Å². The molecule has 0 bridgehead atoms. The van der Waals surface area contributed by atoms with E-state index < -0.39 is 9.84 Å². The second-order valence-corrected chi connectivity index (χ2v) is 10.6. The second kappa shape index (κ2) is 9.12. The molecule has 3 aromatic carbocycles. The van der Waals surface area contributed by atoms with E-state index in [1.807, 2.05) is 49.4 Å². The fraction of sp³-hybridized carbons (Fsp3) is 0.269. The van der Waals surface area contributed by atoms with E-state index in [0.29, 0.717) is 37.7 Å². The van der Waals surface area contributed by atoms with Crippen molar-refractivity contribution in [2.75, 3.05) is 43.1 Å². The third-order valence-corrected chi connectivity index (χ3v) is 7.72. The maximum atomic E-state index is 13.5. The summed E-state index contributed by atoms with van der Waals surface area (Å²) in [4.78, 5) is 14.0. The van der Waals surface area contributed by atoms with Crippen LogP contribution in [0.25, 0.3) is 11.1 Å². The molecule has 8 heteroatoms. The fourth-order valence-electron chi connectivity index (χ4n) is 4.17. The fourth-order valence-corrected chi connectivity index (χ4v) is 5.58. The van der Waals surface area contributed by atoms with Crippen LogP contribution in [-0.2, 0) is 25.1 Å². The predicted octanol–water partition coefficient (Wildman–Crippen LogP) is 3.80. The first-order valence-corrected chi connectivity index (χ1v) is 12.9. The van der Waals surface area contributed by atoms with Crippen LogP contribution < -0.4 is 15.0 Å². The monoisotopic (exact) mass is 478 g/mol. The van der Waals surface area contributed by atoms with E-state index >= 15 is 0 Å². The maximum absolute atomic E-state index is 13.5. The van der Waals surface area contributed by atoms with E-state index in [1.54, 1.807) is 18.2 Å². The Bertz CT molecular complexity index is 1330. The Kier molecular flexibility index (Phi) is 6.02. The third kappa shape index (κ3) is 4.78. The molecule has 2 aliphatic rings. The van der Waals surface area contributed by atoms with Gasteiger partial charge in [-0.15, -0.1) is 0 Å². The molecule has 7 nitrogen and oxygen atoms in total. The lowest BCUT2D eigenvalue weighted by molar-refractivity contribution is -0.118. The van der Waals surface area contributed by atoms with Crippen LogP contribution in [0.5, 0.6) is 5.75 Å². The lowest BCUT2D eigenvalue weighted by Crippen LogP contribution is -2.36. The van der Waals surface area contributed by atoms with Crippen molar-refractivity contribution in [2.24, 2.45) is 0 Å². The predicted molar refractivity (Wildman–Crippen MR) is 131 cm³/mol. The van der Waals surface area contributed by atoms with E-state index in [4.69, 9.17) is 9.47 Å². The highest BCUT2D eigenvalue weighted by molar-refractivity contribution is 7.90. The van der Waals surface area contributed by atoms with Crippen molar-refractivity contribution in [1.82, 2.24) is 0 Å². The molecule has 34 heavy (non-hydrogen) atoms. The van der Waals surface area contributed by atoms with Crippen LogP contribution in [0.2, 0.25) is 0 Å². The number of hydrogen-bond acceptors (Lipinski definition) is 6. The first kappa shape index (κ1) is 22.4. The Labute approximate surface area is 199 Å². The molecule has 0 spiro atoms. The van der Waals surface area contributed by atoms with E-state index in [1.165, 1.54) is 0 Å². The number of rotatable bonds is 5. The molecule has 1 N–H and O–H groups in total. The third-order valence-electron chi connectivity index (χ3n) is 6.05. The highest BCUT2D eigenvalue weighted by Crippen LogP contribution is 2.36. The zero-order chi connectivity index (χ0) is 23.7. The lowest BCUT2D eigenvalue weighted by atomic mass is 10.0. The Balaban J connectivity index is 1.56. The summed E-state index contributed by atoms with van der Waals surface area (Å²) in [5.74, 6) is 0.301. The molecular weight excluding hydrogens is 452 g/mol. The topological polar surface area (TPSA) is 84.9 Å². The molecule has 0 aliphatic carbocycles. The number of morpholine rings is 1. The zero-order valence-corrected chi connectivity index (χ0v) is 19.7. The molecule has 0 aromatic heterocycles. The molecular formula is C26H26N2O5S. The number of sulfone groups is 1. The number of hydrogen-bond donors (Lipinski definition) is 1. The summed E-state index contributed by atoms with van der Waals surface area (Å²) in [6, 6.07) is 18.5. The van der Waals surface area contributed by atoms with Gasteiger partial charge in [-0.25, -0.2) is 8.42 Å². The van der Waals surface area contributed by atoms with Crippen molar-refractivity contribution >= 4 is 27.1 Å². The molecule has 0 unspecified atom stereocenters. The van der Waals surface area contributed by atoms with Crippen LogP contribution in [0.3, 0.4) is 0 Å². The first-order chi connectivity index (χ1) is 16.4. The Morgan fingerprint density at radius 3 is 2.47 bits per heavy atom. The quantitative estimate of drug-likeness (QED) is 0.601.